The number of carboxylic acids is 2. The summed E-state index contributed by atoms with van der Waals surface area (Å²) in [7, 11) is 0. The summed E-state index contributed by atoms with van der Waals surface area (Å²) < 4.78 is 0. The second-order valence-corrected chi connectivity index (χ2v) is 4.53. The van der Waals surface area contributed by atoms with Gasteiger partial charge in [0.1, 0.15) is 0 Å². The molecule has 2 N–H and O–H groups in total. The lowest BCUT2D eigenvalue weighted by Crippen LogP contribution is -2.36. The van der Waals surface area contributed by atoms with E-state index in [1.807, 2.05) is 0 Å². The van der Waals surface area contributed by atoms with Crippen LogP contribution in [0.15, 0.2) is 18.2 Å². The smallest absolute Gasteiger partial charge is 0.336 e. The monoisotopic (exact) mass is 270 g/mol. The van der Waals surface area contributed by atoms with E-state index < -0.39 is 17.4 Å². The fraction of sp³-hybridized carbons (Fsp3) is 0.385. The van der Waals surface area contributed by atoms with Gasteiger partial charge in [0.2, 0.25) is 0 Å². The van der Waals surface area contributed by atoms with Gasteiger partial charge in [-0.15, -0.1) is 0 Å². The number of hydrogen-bond acceptors (Lipinski definition) is 2. The first-order chi connectivity index (χ1) is 8.39. The molecule has 0 bridgehead atoms. The van der Waals surface area contributed by atoms with Gasteiger partial charge in [0.05, 0.1) is 11.0 Å². The van der Waals surface area contributed by atoms with E-state index in [4.69, 9.17) is 11.6 Å². The number of hydrogen-bond donors (Lipinski definition) is 2. The molecule has 0 aliphatic rings. The normalized spacial score (nSPS) is 11.3. The molecule has 0 spiro atoms. The second kappa shape index (κ2) is 5.40. The lowest BCUT2D eigenvalue weighted by atomic mass is 9.74. The number of rotatable bonds is 5. The minimum absolute atomic E-state index is 0.0476. The fourth-order valence-electron chi connectivity index (χ4n) is 2.16. The Bertz CT molecular complexity index is 478. The maximum absolute atomic E-state index is 11.5. The molecule has 98 valence electrons. The van der Waals surface area contributed by atoms with Crippen molar-refractivity contribution in [3.05, 3.63) is 34.3 Å². The molecule has 1 aromatic carbocycles. The van der Waals surface area contributed by atoms with Gasteiger partial charge in [-0.3, -0.25) is 4.79 Å². The zero-order valence-electron chi connectivity index (χ0n) is 10.2. The molecule has 18 heavy (non-hydrogen) atoms. The highest BCUT2D eigenvalue weighted by Crippen LogP contribution is 2.35. The van der Waals surface area contributed by atoms with Crippen LogP contribution in [-0.2, 0) is 10.2 Å². The average Bonchev–Trinajstić information content (AvgIpc) is 2.32. The average molecular weight is 271 g/mol. The topological polar surface area (TPSA) is 74.6 Å². The van der Waals surface area contributed by atoms with Crippen molar-refractivity contribution in [2.45, 2.75) is 32.1 Å². The summed E-state index contributed by atoms with van der Waals surface area (Å²) in [5.74, 6) is -2.18. The van der Waals surface area contributed by atoms with E-state index in [1.165, 1.54) is 18.2 Å². The van der Waals surface area contributed by atoms with Gasteiger partial charge in [0.25, 0.3) is 0 Å². The number of carbonyl (C=O) groups is 2. The molecule has 0 aromatic heterocycles. The summed E-state index contributed by atoms with van der Waals surface area (Å²) in [6.07, 6.45) is 0.640. The van der Waals surface area contributed by atoms with Gasteiger partial charge in [-0.25, -0.2) is 4.79 Å². The number of aromatic carboxylic acids is 1. The first-order valence-electron chi connectivity index (χ1n) is 5.65. The quantitative estimate of drug-likeness (QED) is 0.862. The van der Waals surface area contributed by atoms with E-state index in [-0.39, 0.29) is 10.6 Å². The van der Waals surface area contributed by atoms with E-state index in [0.717, 1.165) is 0 Å². The number of benzene rings is 1. The molecule has 1 rings (SSSR count). The molecule has 0 heterocycles. The molecule has 0 saturated heterocycles. The van der Waals surface area contributed by atoms with Crippen LogP contribution >= 0.6 is 11.6 Å². The van der Waals surface area contributed by atoms with Crippen molar-refractivity contribution >= 4 is 23.5 Å². The lowest BCUT2D eigenvalue weighted by molar-refractivity contribution is -0.144. The minimum atomic E-state index is -1.18. The number of halogens is 1. The number of aliphatic carboxylic acids is 1. The highest BCUT2D eigenvalue weighted by atomic mass is 35.5. The minimum Gasteiger partial charge on any atom is -0.481 e. The Morgan fingerprint density at radius 1 is 1.22 bits per heavy atom. The predicted octanol–water partition coefficient (Wildman–Crippen LogP) is 3.18. The fourth-order valence-corrected chi connectivity index (χ4v) is 2.33. The van der Waals surface area contributed by atoms with Gasteiger partial charge in [0, 0.05) is 5.02 Å². The highest BCUT2D eigenvalue weighted by Gasteiger charge is 2.39. The Kier molecular flexibility index (Phi) is 4.35. The lowest BCUT2D eigenvalue weighted by Gasteiger charge is -2.28. The van der Waals surface area contributed by atoms with Crippen molar-refractivity contribution < 1.29 is 19.8 Å². The van der Waals surface area contributed by atoms with Crippen LogP contribution in [0.5, 0.6) is 0 Å². The predicted molar refractivity (Wildman–Crippen MR) is 68.3 cm³/mol. The molecule has 0 radical (unpaired) electrons. The van der Waals surface area contributed by atoms with Crippen LogP contribution in [0.25, 0.3) is 0 Å². The van der Waals surface area contributed by atoms with Crippen LogP contribution < -0.4 is 0 Å². The van der Waals surface area contributed by atoms with Crippen LogP contribution in [0.2, 0.25) is 5.02 Å². The third-order valence-corrected chi connectivity index (χ3v) is 3.58. The molecule has 0 aliphatic heterocycles. The first-order valence-corrected chi connectivity index (χ1v) is 6.03. The van der Waals surface area contributed by atoms with Crippen LogP contribution in [-0.4, -0.2) is 22.2 Å². The van der Waals surface area contributed by atoms with Gasteiger partial charge >= 0.3 is 11.9 Å². The molecule has 0 unspecified atom stereocenters. The SMILES string of the molecule is CCC(CC)(C(=O)O)c1ccc(Cl)cc1C(=O)O. The van der Waals surface area contributed by atoms with Crippen molar-refractivity contribution in [2.24, 2.45) is 0 Å². The van der Waals surface area contributed by atoms with E-state index in [9.17, 15) is 19.8 Å². The summed E-state index contributed by atoms with van der Waals surface area (Å²) in [6.45, 7) is 3.47. The Balaban J connectivity index is 3.56. The zero-order chi connectivity index (χ0) is 13.9. The summed E-state index contributed by atoms with van der Waals surface area (Å²) in [4.78, 5) is 22.7. The molecular weight excluding hydrogens is 256 g/mol. The molecule has 0 atom stereocenters. The number of carboxylic acid groups (broad SMARTS) is 2. The highest BCUT2D eigenvalue weighted by molar-refractivity contribution is 6.31. The van der Waals surface area contributed by atoms with Crippen molar-refractivity contribution in [3.8, 4) is 0 Å². The Morgan fingerprint density at radius 2 is 1.78 bits per heavy atom. The summed E-state index contributed by atoms with van der Waals surface area (Å²) >= 11 is 5.77. The summed E-state index contributed by atoms with van der Waals surface area (Å²) in [5.41, 5.74) is -0.927. The molecule has 0 aliphatic carbocycles. The van der Waals surface area contributed by atoms with Crippen molar-refractivity contribution in [3.63, 3.8) is 0 Å². The Morgan fingerprint density at radius 3 is 2.17 bits per heavy atom. The summed E-state index contributed by atoms with van der Waals surface area (Å²) in [6, 6.07) is 4.31. The van der Waals surface area contributed by atoms with Crippen LogP contribution in [0.4, 0.5) is 0 Å². The van der Waals surface area contributed by atoms with Gasteiger partial charge < -0.3 is 10.2 Å². The first kappa shape index (κ1) is 14.5. The molecule has 0 saturated carbocycles. The van der Waals surface area contributed by atoms with Crippen molar-refractivity contribution in [1.82, 2.24) is 0 Å². The van der Waals surface area contributed by atoms with Crippen molar-refractivity contribution in [2.75, 3.05) is 0 Å². The van der Waals surface area contributed by atoms with E-state index in [0.29, 0.717) is 18.4 Å². The molecule has 1 aromatic rings. The molecule has 0 amide bonds. The van der Waals surface area contributed by atoms with Crippen molar-refractivity contribution in [1.29, 1.82) is 0 Å². The maximum atomic E-state index is 11.5. The standard InChI is InChI=1S/C13H15ClO4/c1-3-13(4-2,12(17)18)10-6-5-8(14)7-9(10)11(15)16/h5-7H,3-4H2,1-2H3,(H,15,16)(H,17,18). The largest absolute Gasteiger partial charge is 0.481 e. The third-order valence-electron chi connectivity index (χ3n) is 3.34. The maximum Gasteiger partial charge on any atom is 0.336 e. The Hall–Kier alpha value is -1.55. The van der Waals surface area contributed by atoms with E-state index >= 15 is 0 Å². The zero-order valence-corrected chi connectivity index (χ0v) is 11.0. The van der Waals surface area contributed by atoms with Gasteiger partial charge in [-0.2, -0.15) is 0 Å². The Labute approximate surface area is 110 Å². The van der Waals surface area contributed by atoms with Gasteiger partial charge in [-0.05, 0) is 30.5 Å². The molecule has 4 nitrogen and oxygen atoms in total. The van der Waals surface area contributed by atoms with Gasteiger partial charge in [-0.1, -0.05) is 31.5 Å². The molecule has 5 heteroatoms. The molecular formula is C13H15ClO4. The van der Waals surface area contributed by atoms with Gasteiger partial charge in [0.15, 0.2) is 0 Å². The van der Waals surface area contributed by atoms with E-state index in [1.54, 1.807) is 13.8 Å². The van der Waals surface area contributed by atoms with Crippen LogP contribution in [0.1, 0.15) is 42.6 Å². The summed E-state index contributed by atoms with van der Waals surface area (Å²) in [5, 5.41) is 18.9. The van der Waals surface area contributed by atoms with Crippen LogP contribution in [0.3, 0.4) is 0 Å². The second-order valence-electron chi connectivity index (χ2n) is 4.09. The van der Waals surface area contributed by atoms with E-state index in [2.05, 4.69) is 0 Å². The third kappa shape index (κ3) is 2.34. The molecule has 0 fully saturated rings. The van der Waals surface area contributed by atoms with Crippen LogP contribution in [0, 0.1) is 0 Å².